The minimum absolute atomic E-state index is 1.31. The van der Waals surface area contributed by atoms with Crippen molar-refractivity contribution in [2.45, 2.75) is 0 Å². The normalized spacial score (nSPS) is 6.00. The Morgan fingerprint density at radius 2 is 1.50 bits per heavy atom. The van der Waals surface area contributed by atoms with Crippen LogP contribution in [0.4, 0.5) is 0 Å². The van der Waals surface area contributed by atoms with Gasteiger partial charge in [-0.1, -0.05) is 0 Å². The second-order valence-corrected chi connectivity index (χ2v) is 9.56. The standard InChI is InChI=1S/CSeTe2/c2-1(3)4. The topological polar surface area (TPSA) is 0 Å². The number of hydrogen-bond donors (Lipinski definition) is 0. The van der Waals surface area contributed by atoms with E-state index >= 15 is 0 Å². The molecule has 0 unspecified atom stereocenters. The third-order valence-corrected chi connectivity index (χ3v) is 0. The van der Waals surface area contributed by atoms with E-state index in [9.17, 15) is 0 Å². The van der Waals surface area contributed by atoms with Gasteiger partial charge in [-0.3, -0.25) is 0 Å². The van der Waals surface area contributed by atoms with E-state index < -0.39 is 0 Å². The molecular weight excluding hydrogens is 346 g/mol. The van der Waals surface area contributed by atoms with E-state index in [1.807, 2.05) is 44.6 Å². The first-order valence-electron chi connectivity index (χ1n) is 0.612. The molecule has 0 atom stereocenters. The van der Waals surface area contributed by atoms with Gasteiger partial charge in [0.05, 0.1) is 0 Å². The van der Waals surface area contributed by atoms with Crippen LogP contribution in [0, 0.1) is 0 Å². The van der Waals surface area contributed by atoms with E-state index in [1.54, 1.807) is 0 Å². The zero-order valence-electron chi connectivity index (χ0n) is 1.72. The van der Waals surface area contributed by atoms with Crippen molar-refractivity contribution >= 4 is 60.7 Å². The summed E-state index contributed by atoms with van der Waals surface area (Å²) in [5, 5.41) is 0. The Bertz CT molecular complexity index is 29.0. The van der Waals surface area contributed by atoms with Crippen LogP contribution in [-0.2, 0) is 0 Å². The van der Waals surface area contributed by atoms with Gasteiger partial charge in [0.15, 0.2) is 0 Å². The molecule has 0 bridgehead atoms. The Kier molecular flexibility index (Phi) is 4.73. The van der Waals surface area contributed by atoms with E-state index in [1.165, 1.54) is 0.513 Å². The van der Waals surface area contributed by atoms with Gasteiger partial charge in [-0.15, -0.1) is 0 Å². The first-order chi connectivity index (χ1) is 1.73. The minimum atomic E-state index is 1.31. The Balaban J connectivity index is 2.80. The Morgan fingerprint density at radius 3 is 1.50 bits per heavy atom. The average molecular weight is 346 g/mol. The third-order valence-electron chi connectivity index (χ3n) is 0. The maximum absolute atomic E-state index is 2.83. The maximum atomic E-state index is 2.83. The van der Waals surface area contributed by atoms with Crippen molar-refractivity contribution in [2.24, 2.45) is 0 Å². The quantitative estimate of drug-likeness (QED) is 0.473. The fourth-order valence-corrected chi connectivity index (χ4v) is 0. The van der Waals surface area contributed by atoms with Crippen molar-refractivity contribution < 1.29 is 0 Å². The van der Waals surface area contributed by atoms with Gasteiger partial charge in [-0.2, -0.15) is 0 Å². The molecule has 0 aromatic heterocycles. The summed E-state index contributed by atoms with van der Waals surface area (Å²) < 4.78 is 1.31. The van der Waals surface area contributed by atoms with Gasteiger partial charge in [0.2, 0.25) is 0 Å². The summed E-state index contributed by atoms with van der Waals surface area (Å²) in [7, 11) is 0. The molecule has 0 aliphatic rings. The molecule has 0 saturated heterocycles. The summed E-state index contributed by atoms with van der Waals surface area (Å²) >= 11 is 6.77. The molecule has 0 N–H and O–H groups in total. The predicted molar refractivity (Wildman–Crippen MR) is 22.3 cm³/mol. The molecule has 0 aliphatic heterocycles. The second-order valence-electron chi connectivity index (χ2n) is 0.250. The molecule has 0 amide bonds. The predicted octanol–water partition coefficient (Wildman–Crippen LogP) is -1.42. The molecule has 2 radical (unpaired) electrons. The SMILES string of the molecule is [Se]=C([Te])[Te]. The zero-order chi connectivity index (χ0) is 3.58. The van der Waals surface area contributed by atoms with E-state index in [0.717, 1.165) is 0 Å². The van der Waals surface area contributed by atoms with E-state index in [2.05, 4.69) is 15.6 Å². The molecule has 0 rings (SSSR count). The molecule has 4 heavy (non-hydrogen) atoms. The van der Waals surface area contributed by atoms with E-state index in [0.29, 0.717) is 0 Å². The summed E-state index contributed by atoms with van der Waals surface area (Å²) in [5.41, 5.74) is 0. The van der Waals surface area contributed by atoms with Crippen LogP contribution >= 0.6 is 0 Å². The van der Waals surface area contributed by atoms with Crippen LogP contribution in [0.25, 0.3) is 0 Å². The molecule has 0 saturated carbocycles. The molecular formula is CSeTe2. The Hall–Kier alpha value is 1.97. The fourth-order valence-electron chi connectivity index (χ4n) is 0. The van der Waals surface area contributed by atoms with Crippen LogP contribution in [0.2, 0.25) is 0 Å². The first-order valence-corrected chi connectivity index (χ1v) is 3.80. The van der Waals surface area contributed by atoms with Crippen molar-refractivity contribution in [2.75, 3.05) is 0 Å². The van der Waals surface area contributed by atoms with Crippen molar-refractivity contribution in [3.8, 4) is 0 Å². The molecule has 0 spiro atoms. The van der Waals surface area contributed by atoms with Gasteiger partial charge < -0.3 is 0 Å². The molecule has 0 heterocycles. The number of rotatable bonds is 0. The van der Waals surface area contributed by atoms with Gasteiger partial charge in [0, 0.05) is 0 Å². The fraction of sp³-hybridized carbons (Fsp3) is 0. The molecule has 0 aromatic carbocycles. The first kappa shape index (κ1) is 5.97. The van der Waals surface area contributed by atoms with Crippen LogP contribution in [0.15, 0.2) is 0 Å². The summed E-state index contributed by atoms with van der Waals surface area (Å²) in [5.74, 6) is 0. The Labute approximate surface area is 59.9 Å². The molecule has 0 aliphatic carbocycles. The molecule has 22 valence electrons. The number of hydrogen-bond acceptors (Lipinski definition) is 0. The summed E-state index contributed by atoms with van der Waals surface area (Å²) in [6, 6.07) is 0. The molecule has 0 fully saturated rings. The van der Waals surface area contributed by atoms with Crippen LogP contribution < -0.4 is 0 Å². The molecule has 3 heteroatoms. The monoisotopic (exact) mass is 352 g/mol. The second kappa shape index (κ2) is 3.17. The van der Waals surface area contributed by atoms with Gasteiger partial charge in [-0.25, -0.2) is 0 Å². The Morgan fingerprint density at radius 1 is 1.50 bits per heavy atom. The average Bonchev–Trinajstić information content (AvgIpc) is 0.811. The zero-order valence-corrected chi connectivity index (χ0v) is 8.10. The summed E-state index contributed by atoms with van der Waals surface area (Å²) in [6.45, 7) is 0. The summed E-state index contributed by atoms with van der Waals surface area (Å²) in [4.78, 5) is 0. The van der Waals surface area contributed by atoms with Crippen molar-refractivity contribution in [1.82, 2.24) is 0 Å². The van der Waals surface area contributed by atoms with Gasteiger partial charge in [0.25, 0.3) is 0 Å². The van der Waals surface area contributed by atoms with E-state index in [4.69, 9.17) is 0 Å². The third kappa shape index (κ3) is 9.02. The van der Waals surface area contributed by atoms with Crippen LogP contribution in [0.3, 0.4) is 0 Å². The van der Waals surface area contributed by atoms with Crippen molar-refractivity contribution in [1.29, 1.82) is 0 Å². The van der Waals surface area contributed by atoms with Gasteiger partial charge in [0.1, 0.15) is 0 Å². The van der Waals surface area contributed by atoms with Crippen molar-refractivity contribution in [3.63, 3.8) is 0 Å². The van der Waals surface area contributed by atoms with Crippen LogP contribution in [-0.4, -0.2) is 60.7 Å². The summed E-state index contributed by atoms with van der Waals surface area (Å²) in [6.07, 6.45) is 0. The van der Waals surface area contributed by atoms with Gasteiger partial charge >= 0.3 is 60.7 Å². The van der Waals surface area contributed by atoms with Gasteiger partial charge in [-0.05, 0) is 0 Å². The van der Waals surface area contributed by atoms with Crippen molar-refractivity contribution in [3.05, 3.63) is 0 Å². The van der Waals surface area contributed by atoms with Crippen LogP contribution in [0.1, 0.15) is 0 Å². The molecule has 0 nitrogen and oxygen atoms in total. The molecule has 0 aromatic rings. The van der Waals surface area contributed by atoms with Crippen LogP contribution in [0.5, 0.6) is 0 Å². The van der Waals surface area contributed by atoms with E-state index in [-0.39, 0.29) is 0 Å².